The van der Waals surface area contributed by atoms with Gasteiger partial charge in [-0.3, -0.25) is 14.4 Å². The maximum absolute atomic E-state index is 13.5. The van der Waals surface area contributed by atoms with Crippen LogP contribution in [0, 0.1) is 0 Å². The zero-order chi connectivity index (χ0) is 26.5. The van der Waals surface area contributed by atoms with Crippen molar-refractivity contribution in [3.8, 4) is 11.5 Å². The van der Waals surface area contributed by atoms with Crippen LogP contribution in [0.4, 0.5) is 5.69 Å². The van der Waals surface area contributed by atoms with Crippen molar-refractivity contribution in [1.29, 1.82) is 0 Å². The Balaban J connectivity index is 1.59. The van der Waals surface area contributed by atoms with E-state index in [-0.39, 0.29) is 18.9 Å². The van der Waals surface area contributed by atoms with E-state index in [0.717, 1.165) is 10.5 Å². The second-order valence-corrected chi connectivity index (χ2v) is 9.19. The van der Waals surface area contributed by atoms with Gasteiger partial charge in [-0.1, -0.05) is 12.1 Å². The molecule has 1 atom stereocenters. The van der Waals surface area contributed by atoms with Gasteiger partial charge in [-0.25, -0.2) is 9.69 Å². The summed E-state index contributed by atoms with van der Waals surface area (Å²) < 4.78 is 15.4. The molecular weight excluding hydrogens is 496 g/mol. The maximum atomic E-state index is 13.5. The monoisotopic (exact) mass is 522 g/mol. The Bertz CT molecular complexity index is 1300. The van der Waals surface area contributed by atoms with Gasteiger partial charge in [0.25, 0.3) is 11.8 Å². The molecule has 1 aliphatic rings. The topological polar surface area (TPSA) is 102 Å². The van der Waals surface area contributed by atoms with E-state index in [4.69, 9.17) is 14.2 Å². The van der Waals surface area contributed by atoms with Gasteiger partial charge in [0.15, 0.2) is 11.5 Å². The van der Waals surface area contributed by atoms with E-state index < -0.39 is 23.8 Å². The van der Waals surface area contributed by atoms with Crippen molar-refractivity contribution >= 4 is 40.7 Å². The van der Waals surface area contributed by atoms with E-state index in [0.29, 0.717) is 34.0 Å². The third-order valence-electron chi connectivity index (χ3n) is 6.13. The Morgan fingerprint density at radius 1 is 1.00 bits per heavy atom. The zero-order valence-corrected chi connectivity index (χ0v) is 21.4. The molecule has 0 saturated carbocycles. The van der Waals surface area contributed by atoms with Crippen LogP contribution in [0.5, 0.6) is 11.5 Å². The average molecular weight is 523 g/mol. The van der Waals surface area contributed by atoms with Crippen LogP contribution in [-0.2, 0) is 20.7 Å². The molecule has 4 rings (SSSR count). The average Bonchev–Trinajstić information content (AvgIpc) is 3.56. The number of hydrogen-bond acceptors (Lipinski definition) is 8. The molecule has 10 heteroatoms. The first kappa shape index (κ1) is 25.9. The Kier molecular flexibility index (Phi) is 7.88. The highest BCUT2D eigenvalue weighted by Crippen LogP contribution is 2.30. The second kappa shape index (κ2) is 11.3. The lowest BCUT2D eigenvalue weighted by Crippen LogP contribution is -2.46. The fraction of sp³-hybridized carbons (Fsp3) is 0.259. The van der Waals surface area contributed by atoms with E-state index in [2.05, 4.69) is 0 Å². The molecule has 3 aromatic rings. The third kappa shape index (κ3) is 5.34. The molecule has 0 spiro atoms. The molecule has 1 unspecified atom stereocenters. The van der Waals surface area contributed by atoms with Crippen LogP contribution in [0.2, 0.25) is 0 Å². The fourth-order valence-electron chi connectivity index (χ4n) is 4.22. The van der Waals surface area contributed by atoms with Crippen molar-refractivity contribution in [3.63, 3.8) is 0 Å². The predicted octanol–water partition coefficient (Wildman–Crippen LogP) is 3.57. The van der Waals surface area contributed by atoms with Crippen molar-refractivity contribution < 1.29 is 33.4 Å². The van der Waals surface area contributed by atoms with Crippen LogP contribution in [0.15, 0.2) is 60.0 Å². The third-order valence-corrected chi connectivity index (χ3v) is 6.99. The van der Waals surface area contributed by atoms with Gasteiger partial charge < -0.3 is 19.1 Å². The molecule has 0 radical (unpaired) electrons. The number of carbonyl (C=O) groups is 4. The first-order valence-corrected chi connectivity index (χ1v) is 12.4. The number of methoxy groups -OCH3 is 3. The molecule has 0 aliphatic carbocycles. The zero-order valence-electron chi connectivity index (χ0n) is 20.6. The Morgan fingerprint density at radius 3 is 2.35 bits per heavy atom. The van der Waals surface area contributed by atoms with Gasteiger partial charge in [0, 0.05) is 6.54 Å². The van der Waals surface area contributed by atoms with E-state index in [1.54, 1.807) is 37.8 Å². The van der Waals surface area contributed by atoms with Crippen LogP contribution in [0.25, 0.3) is 0 Å². The molecule has 37 heavy (non-hydrogen) atoms. The van der Waals surface area contributed by atoms with Crippen LogP contribution < -0.4 is 14.4 Å². The van der Waals surface area contributed by atoms with Gasteiger partial charge in [-0.15, -0.1) is 11.3 Å². The molecule has 0 N–H and O–H groups in total. The number of anilines is 1. The number of imide groups is 1. The molecule has 1 saturated heterocycles. The number of amides is 3. The number of carbonyl (C=O) groups excluding carboxylic acids is 4. The lowest BCUT2D eigenvalue weighted by molar-refractivity contribution is -0.122. The summed E-state index contributed by atoms with van der Waals surface area (Å²) in [6.07, 6.45) is 0.296. The van der Waals surface area contributed by atoms with Crippen molar-refractivity contribution in [2.24, 2.45) is 0 Å². The molecule has 1 aliphatic heterocycles. The summed E-state index contributed by atoms with van der Waals surface area (Å²) in [5, 5.41) is 1.79. The highest BCUT2D eigenvalue weighted by atomic mass is 32.1. The summed E-state index contributed by atoms with van der Waals surface area (Å²) in [5.41, 5.74) is 1.51. The van der Waals surface area contributed by atoms with E-state index >= 15 is 0 Å². The highest BCUT2D eigenvalue weighted by Gasteiger charge is 2.44. The van der Waals surface area contributed by atoms with Gasteiger partial charge in [-0.2, -0.15) is 0 Å². The van der Waals surface area contributed by atoms with Gasteiger partial charge >= 0.3 is 5.97 Å². The van der Waals surface area contributed by atoms with Gasteiger partial charge in [0.2, 0.25) is 5.91 Å². The number of esters is 1. The van der Waals surface area contributed by atoms with Gasteiger partial charge in [0.1, 0.15) is 6.04 Å². The number of rotatable bonds is 9. The Labute approximate surface area is 218 Å². The Morgan fingerprint density at radius 2 is 1.73 bits per heavy atom. The van der Waals surface area contributed by atoms with Crippen molar-refractivity contribution in [3.05, 3.63) is 76.0 Å². The second-order valence-electron chi connectivity index (χ2n) is 8.24. The van der Waals surface area contributed by atoms with Crippen molar-refractivity contribution in [2.75, 3.05) is 32.8 Å². The van der Waals surface area contributed by atoms with Gasteiger partial charge in [0.05, 0.1) is 43.9 Å². The fourth-order valence-corrected chi connectivity index (χ4v) is 4.90. The number of thiophene rings is 1. The summed E-state index contributed by atoms with van der Waals surface area (Å²) in [5.74, 6) is -0.604. The molecule has 2 heterocycles. The number of nitrogens with zero attached hydrogens (tertiary/aromatic N) is 2. The SMILES string of the molecule is COC(=O)c1ccc(N2C(=O)CC(N(CCc3ccc(OC)c(OC)c3)C(=O)c3cccs3)C2=O)cc1. The molecule has 9 nitrogen and oxygen atoms in total. The number of benzene rings is 2. The minimum atomic E-state index is -0.956. The molecule has 1 fully saturated rings. The standard InChI is InChI=1S/C27H26N2O7S/c1-34-21-11-6-17(15-22(21)35-2)12-13-28(26(32)23-5-4-14-37-23)20-16-24(30)29(25(20)31)19-9-7-18(8-10-19)27(33)36-3/h4-11,14-15,20H,12-13,16H2,1-3H3. The van der Waals surface area contributed by atoms with E-state index in [1.807, 2.05) is 12.1 Å². The summed E-state index contributed by atoms with van der Waals surface area (Å²) in [7, 11) is 4.37. The molecule has 3 amide bonds. The molecule has 1 aromatic heterocycles. The summed E-state index contributed by atoms with van der Waals surface area (Å²) in [6, 6.07) is 14.0. The first-order valence-electron chi connectivity index (χ1n) is 11.5. The predicted molar refractivity (Wildman–Crippen MR) is 137 cm³/mol. The molecule has 192 valence electrons. The normalized spacial score (nSPS) is 15.0. The highest BCUT2D eigenvalue weighted by molar-refractivity contribution is 7.12. The number of ether oxygens (including phenoxy) is 3. The smallest absolute Gasteiger partial charge is 0.337 e. The minimum Gasteiger partial charge on any atom is -0.493 e. The van der Waals surface area contributed by atoms with Gasteiger partial charge in [-0.05, 0) is 59.8 Å². The molecule has 0 bridgehead atoms. The lowest BCUT2D eigenvalue weighted by Gasteiger charge is -2.27. The van der Waals surface area contributed by atoms with Crippen LogP contribution in [-0.4, -0.2) is 62.5 Å². The molecule has 2 aromatic carbocycles. The Hall–Kier alpha value is -4.18. The summed E-state index contributed by atoms with van der Waals surface area (Å²) >= 11 is 1.28. The molecular formula is C27H26N2O7S. The lowest BCUT2D eigenvalue weighted by atomic mass is 10.1. The first-order chi connectivity index (χ1) is 17.9. The van der Waals surface area contributed by atoms with E-state index in [9.17, 15) is 19.2 Å². The van der Waals surface area contributed by atoms with Crippen LogP contribution >= 0.6 is 11.3 Å². The van der Waals surface area contributed by atoms with Crippen molar-refractivity contribution in [2.45, 2.75) is 18.9 Å². The quantitative estimate of drug-likeness (QED) is 0.313. The maximum Gasteiger partial charge on any atom is 0.337 e. The van der Waals surface area contributed by atoms with Crippen molar-refractivity contribution in [1.82, 2.24) is 4.90 Å². The summed E-state index contributed by atoms with van der Waals surface area (Å²) in [6.45, 7) is 0.213. The van der Waals surface area contributed by atoms with Crippen LogP contribution in [0.1, 0.15) is 32.0 Å². The number of hydrogen-bond donors (Lipinski definition) is 0. The summed E-state index contributed by atoms with van der Waals surface area (Å²) in [4.78, 5) is 54.6. The van der Waals surface area contributed by atoms with E-state index in [1.165, 1.54) is 47.6 Å². The minimum absolute atomic E-state index is 0.138. The van der Waals surface area contributed by atoms with Crippen LogP contribution in [0.3, 0.4) is 0 Å². The largest absolute Gasteiger partial charge is 0.493 e.